The zero-order valence-corrected chi connectivity index (χ0v) is 7.19. The van der Waals surface area contributed by atoms with Gasteiger partial charge in [0.1, 0.15) is 13.7 Å². The molecule has 0 unspecified atom stereocenters. The van der Waals surface area contributed by atoms with Crippen molar-refractivity contribution in [2.75, 3.05) is 0 Å². The summed E-state index contributed by atoms with van der Waals surface area (Å²) in [6.07, 6.45) is 4.75. The van der Waals surface area contributed by atoms with E-state index in [0.717, 1.165) is 0 Å². The molecular formula is C9H12BF. The molecule has 2 radical (unpaired) electrons. The van der Waals surface area contributed by atoms with Gasteiger partial charge in [-0.3, -0.25) is 0 Å². The highest BCUT2D eigenvalue weighted by atomic mass is 19.1. The van der Waals surface area contributed by atoms with Crippen LogP contribution in [0.1, 0.15) is 20.8 Å². The largest absolute Gasteiger partial charge is 0.207 e. The number of allylic oxidation sites excluding steroid dienone is 6. The highest BCUT2D eigenvalue weighted by molar-refractivity contribution is 6.23. The van der Waals surface area contributed by atoms with Crippen LogP contribution < -0.4 is 0 Å². The molecular weight excluding hydrogens is 138 g/mol. The van der Waals surface area contributed by atoms with Crippen molar-refractivity contribution in [3.8, 4) is 0 Å². The van der Waals surface area contributed by atoms with Crippen molar-refractivity contribution in [3.63, 3.8) is 0 Å². The van der Waals surface area contributed by atoms with Gasteiger partial charge in [-0.1, -0.05) is 18.2 Å². The SMILES string of the molecule is [B]C(=C/C)/C=C(C)\C(F)=C/C. The van der Waals surface area contributed by atoms with Crippen molar-refractivity contribution in [2.45, 2.75) is 20.8 Å². The molecule has 0 aromatic heterocycles. The Morgan fingerprint density at radius 1 is 1.27 bits per heavy atom. The average Bonchev–Trinajstić information content (AvgIpc) is 2.02. The highest BCUT2D eigenvalue weighted by Gasteiger charge is 1.94. The smallest absolute Gasteiger partial charge is 0.121 e. The van der Waals surface area contributed by atoms with Crippen LogP contribution in [-0.2, 0) is 0 Å². The van der Waals surface area contributed by atoms with E-state index >= 15 is 0 Å². The Morgan fingerprint density at radius 2 is 1.82 bits per heavy atom. The zero-order valence-electron chi connectivity index (χ0n) is 7.19. The van der Waals surface area contributed by atoms with Crippen LogP contribution in [0.5, 0.6) is 0 Å². The van der Waals surface area contributed by atoms with Gasteiger partial charge in [0.2, 0.25) is 0 Å². The van der Waals surface area contributed by atoms with Crippen LogP contribution in [0.3, 0.4) is 0 Å². The fourth-order valence-electron chi connectivity index (χ4n) is 0.630. The number of hydrogen-bond donors (Lipinski definition) is 0. The van der Waals surface area contributed by atoms with E-state index in [1.165, 1.54) is 6.08 Å². The van der Waals surface area contributed by atoms with E-state index in [1.807, 2.05) is 6.92 Å². The molecule has 0 nitrogen and oxygen atoms in total. The van der Waals surface area contributed by atoms with Crippen LogP contribution >= 0.6 is 0 Å². The lowest BCUT2D eigenvalue weighted by atomic mass is 9.93. The zero-order chi connectivity index (χ0) is 8.85. The van der Waals surface area contributed by atoms with Crippen molar-refractivity contribution in [1.29, 1.82) is 0 Å². The molecule has 11 heavy (non-hydrogen) atoms. The molecule has 0 fully saturated rings. The second-order valence-electron chi connectivity index (χ2n) is 2.25. The molecule has 0 aromatic carbocycles. The lowest BCUT2D eigenvalue weighted by molar-refractivity contribution is 0.649. The van der Waals surface area contributed by atoms with E-state index in [2.05, 4.69) is 0 Å². The van der Waals surface area contributed by atoms with Crippen molar-refractivity contribution in [3.05, 3.63) is 35.1 Å². The van der Waals surface area contributed by atoms with E-state index in [0.29, 0.717) is 11.0 Å². The Bertz CT molecular complexity index is 212. The van der Waals surface area contributed by atoms with E-state index in [9.17, 15) is 4.39 Å². The molecule has 0 N–H and O–H groups in total. The first-order chi connectivity index (χ1) is 5.11. The van der Waals surface area contributed by atoms with Crippen molar-refractivity contribution in [2.24, 2.45) is 0 Å². The van der Waals surface area contributed by atoms with Gasteiger partial charge < -0.3 is 0 Å². The molecule has 0 amide bonds. The summed E-state index contributed by atoms with van der Waals surface area (Å²) in [6, 6.07) is 0. The van der Waals surface area contributed by atoms with Gasteiger partial charge in [0.25, 0.3) is 0 Å². The van der Waals surface area contributed by atoms with Gasteiger partial charge in [-0.05, 0) is 26.3 Å². The molecule has 0 aliphatic carbocycles. The Labute approximate surface area is 68.9 Å². The fraction of sp³-hybridized carbons (Fsp3) is 0.333. The fourth-order valence-corrected chi connectivity index (χ4v) is 0.630. The van der Waals surface area contributed by atoms with Crippen LogP contribution in [0.4, 0.5) is 4.39 Å². The van der Waals surface area contributed by atoms with Gasteiger partial charge in [-0.15, -0.1) is 5.47 Å². The standard InChI is InChI=1S/C9H12BF/c1-4-8(10)6-7(3)9(11)5-2/h4-6H,1-3H3/b7-6-,8-4+,9-5+. The quantitative estimate of drug-likeness (QED) is 0.419. The third-order valence-corrected chi connectivity index (χ3v) is 1.35. The minimum Gasteiger partial charge on any atom is -0.207 e. The summed E-state index contributed by atoms with van der Waals surface area (Å²) < 4.78 is 12.7. The predicted octanol–water partition coefficient (Wildman–Crippen LogP) is 2.88. The van der Waals surface area contributed by atoms with Gasteiger partial charge in [0.05, 0.1) is 0 Å². The van der Waals surface area contributed by atoms with E-state index in [1.54, 1.807) is 26.0 Å². The van der Waals surface area contributed by atoms with Crippen LogP contribution in [0.25, 0.3) is 0 Å². The summed E-state index contributed by atoms with van der Waals surface area (Å²) in [5, 5.41) is 0. The molecule has 0 aliphatic heterocycles. The Kier molecular flexibility index (Phi) is 4.59. The maximum absolute atomic E-state index is 12.7. The summed E-state index contributed by atoms with van der Waals surface area (Å²) in [4.78, 5) is 0. The van der Waals surface area contributed by atoms with Gasteiger partial charge in [0, 0.05) is 0 Å². The van der Waals surface area contributed by atoms with Crippen molar-refractivity contribution in [1.82, 2.24) is 0 Å². The number of halogens is 1. The summed E-state index contributed by atoms with van der Waals surface area (Å²) in [5.41, 5.74) is 1.14. The van der Waals surface area contributed by atoms with E-state index in [-0.39, 0.29) is 5.83 Å². The summed E-state index contributed by atoms with van der Waals surface area (Å²) >= 11 is 0. The summed E-state index contributed by atoms with van der Waals surface area (Å²) in [5.74, 6) is -0.227. The molecule has 0 aliphatic rings. The molecule has 0 saturated carbocycles. The maximum Gasteiger partial charge on any atom is 0.121 e. The molecule has 0 atom stereocenters. The lowest BCUT2D eigenvalue weighted by Crippen LogP contribution is -1.80. The van der Waals surface area contributed by atoms with Crippen LogP contribution in [0, 0.1) is 0 Å². The predicted molar refractivity (Wildman–Crippen MR) is 48.1 cm³/mol. The van der Waals surface area contributed by atoms with E-state index < -0.39 is 0 Å². The molecule has 58 valence electrons. The summed E-state index contributed by atoms with van der Waals surface area (Å²) in [6.45, 7) is 5.15. The second-order valence-corrected chi connectivity index (χ2v) is 2.25. The van der Waals surface area contributed by atoms with Crippen molar-refractivity contribution >= 4 is 7.85 Å². The molecule has 0 rings (SSSR count). The summed E-state index contributed by atoms with van der Waals surface area (Å²) in [7, 11) is 5.46. The first-order valence-corrected chi connectivity index (χ1v) is 3.54. The Hall–Kier alpha value is -0.785. The topological polar surface area (TPSA) is 0 Å². The molecule has 0 bridgehead atoms. The average molecular weight is 150 g/mol. The van der Waals surface area contributed by atoms with Crippen LogP contribution in [0.15, 0.2) is 35.1 Å². The molecule has 0 saturated heterocycles. The second kappa shape index (κ2) is 4.94. The minimum atomic E-state index is -0.227. The Morgan fingerprint density at radius 3 is 2.18 bits per heavy atom. The third kappa shape index (κ3) is 3.81. The molecule has 0 aromatic rings. The van der Waals surface area contributed by atoms with Crippen LogP contribution in [-0.4, -0.2) is 7.85 Å². The monoisotopic (exact) mass is 150 g/mol. The minimum absolute atomic E-state index is 0.227. The van der Waals surface area contributed by atoms with Crippen LogP contribution in [0.2, 0.25) is 0 Å². The third-order valence-electron chi connectivity index (χ3n) is 1.35. The first kappa shape index (κ1) is 10.2. The Balaban J connectivity index is 4.47. The molecule has 0 spiro atoms. The van der Waals surface area contributed by atoms with E-state index in [4.69, 9.17) is 7.85 Å². The normalized spacial score (nSPS) is 15.5. The highest BCUT2D eigenvalue weighted by Crippen LogP contribution is 2.11. The molecule has 2 heteroatoms. The number of hydrogen-bond acceptors (Lipinski definition) is 0. The maximum atomic E-state index is 12.7. The number of rotatable bonds is 2. The lowest BCUT2D eigenvalue weighted by Gasteiger charge is -1.96. The van der Waals surface area contributed by atoms with Gasteiger partial charge in [0.15, 0.2) is 0 Å². The van der Waals surface area contributed by atoms with Gasteiger partial charge in [-0.25, -0.2) is 4.39 Å². The van der Waals surface area contributed by atoms with Crippen molar-refractivity contribution < 1.29 is 4.39 Å². The van der Waals surface area contributed by atoms with Gasteiger partial charge in [-0.2, -0.15) is 0 Å². The molecule has 0 heterocycles. The van der Waals surface area contributed by atoms with Gasteiger partial charge >= 0.3 is 0 Å². The first-order valence-electron chi connectivity index (χ1n) is 3.54.